The maximum absolute atomic E-state index is 11.7. The molecule has 19 heavy (non-hydrogen) atoms. The van der Waals surface area contributed by atoms with Crippen molar-refractivity contribution in [2.45, 2.75) is 25.0 Å². The number of hydrogen-bond acceptors (Lipinski definition) is 5. The monoisotopic (exact) mass is 294 g/mol. The lowest BCUT2D eigenvalue weighted by atomic mass is 10.2. The molecule has 3 N–H and O–H groups in total. The van der Waals surface area contributed by atoms with Gasteiger partial charge in [-0.3, -0.25) is 0 Å². The molecule has 0 radical (unpaired) electrons. The van der Waals surface area contributed by atoms with Crippen LogP contribution in [0.25, 0.3) is 0 Å². The fourth-order valence-corrected chi connectivity index (χ4v) is 3.59. The Morgan fingerprint density at radius 1 is 1.47 bits per heavy atom. The van der Waals surface area contributed by atoms with E-state index in [1.165, 1.54) is 11.9 Å². The molecule has 0 aliphatic carbocycles. The summed E-state index contributed by atoms with van der Waals surface area (Å²) in [6.07, 6.45) is -1.21. The smallest absolute Gasteiger partial charge is 0.332 e. The average Bonchev–Trinajstić information content (AvgIpc) is 2.68. The lowest BCUT2D eigenvalue weighted by Gasteiger charge is -2.23. The summed E-state index contributed by atoms with van der Waals surface area (Å²) in [6.45, 7) is 0.0100. The normalized spacial score (nSPS) is 22.7. The Labute approximate surface area is 111 Å². The second kappa shape index (κ2) is 6.20. The van der Waals surface area contributed by atoms with Crippen LogP contribution in [0.15, 0.2) is 0 Å². The van der Waals surface area contributed by atoms with Crippen molar-refractivity contribution in [3.63, 3.8) is 0 Å². The largest absolute Gasteiger partial charge is 0.479 e. The first-order valence-electron chi connectivity index (χ1n) is 5.85. The van der Waals surface area contributed by atoms with E-state index in [1.54, 1.807) is 0 Å². The van der Waals surface area contributed by atoms with Crippen LogP contribution in [-0.2, 0) is 14.6 Å². The van der Waals surface area contributed by atoms with Gasteiger partial charge in [-0.15, -0.1) is 0 Å². The highest BCUT2D eigenvalue weighted by Crippen LogP contribution is 2.16. The first-order chi connectivity index (χ1) is 8.73. The van der Waals surface area contributed by atoms with Crippen molar-refractivity contribution in [1.29, 1.82) is 0 Å². The predicted octanol–water partition coefficient (Wildman–Crippen LogP) is -1.35. The van der Waals surface area contributed by atoms with Crippen LogP contribution in [0.2, 0.25) is 0 Å². The SMILES string of the molecule is CN(C(=O)NCC[C@H](O)C(=O)O)C1CCS(=O)(=O)C1. The molecule has 1 rings (SSSR count). The molecule has 1 fully saturated rings. The van der Waals surface area contributed by atoms with E-state index in [4.69, 9.17) is 10.2 Å². The van der Waals surface area contributed by atoms with Crippen LogP contribution in [0.5, 0.6) is 0 Å². The summed E-state index contributed by atoms with van der Waals surface area (Å²) >= 11 is 0. The summed E-state index contributed by atoms with van der Waals surface area (Å²) in [5.74, 6) is -1.31. The van der Waals surface area contributed by atoms with Crippen LogP contribution in [0, 0.1) is 0 Å². The molecule has 110 valence electrons. The fraction of sp³-hybridized carbons (Fsp3) is 0.800. The first kappa shape index (κ1) is 15.7. The molecule has 1 unspecified atom stereocenters. The molecule has 1 aliphatic rings. The van der Waals surface area contributed by atoms with E-state index in [2.05, 4.69) is 5.32 Å². The van der Waals surface area contributed by atoms with Crippen molar-refractivity contribution >= 4 is 21.8 Å². The third kappa shape index (κ3) is 4.67. The molecular weight excluding hydrogens is 276 g/mol. The van der Waals surface area contributed by atoms with E-state index < -0.39 is 27.9 Å². The maximum atomic E-state index is 11.7. The van der Waals surface area contributed by atoms with Crippen molar-refractivity contribution in [2.75, 3.05) is 25.1 Å². The standard InChI is InChI=1S/C10H18N2O6S/c1-12(7-3-5-19(17,18)6-7)10(16)11-4-2-8(13)9(14)15/h7-8,13H,2-6H2,1H3,(H,11,16)(H,14,15)/t7?,8-/m0/s1. The molecule has 1 aliphatic heterocycles. The van der Waals surface area contributed by atoms with Gasteiger partial charge in [0.05, 0.1) is 11.5 Å². The maximum Gasteiger partial charge on any atom is 0.332 e. The Hall–Kier alpha value is -1.35. The van der Waals surface area contributed by atoms with Crippen molar-refractivity contribution < 1.29 is 28.2 Å². The summed E-state index contributed by atoms with van der Waals surface area (Å²) in [4.78, 5) is 23.3. The Morgan fingerprint density at radius 2 is 2.11 bits per heavy atom. The van der Waals surface area contributed by atoms with Crippen LogP contribution in [0.4, 0.5) is 4.79 Å². The van der Waals surface area contributed by atoms with Gasteiger partial charge in [-0.1, -0.05) is 0 Å². The van der Waals surface area contributed by atoms with Gasteiger partial charge in [-0.25, -0.2) is 18.0 Å². The number of carbonyl (C=O) groups is 2. The summed E-state index contributed by atoms with van der Waals surface area (Å²) in [5, 5.41) is 19.9. The van der Waals surface area contributed by atoms with Gasteiger partial charge >= 0.3 is 12.0 Å². The Kier molecular flexibility index (Phi) is 5.12. The number of amides is 2. The number of urea groups is 1. The number of carbonyl (C=O) groups excluding carboxylic acids is 1. The van der Waals surface area contributed by atoms with Crippen molar-refractivity contribution in [3.8, 4) is 0 Å². The third-order valence-corrected chi connectivity index (χ3v) is 4.81. The van der Waals surface area contributed by atoms with Crippen LogP contribution in [-0.4, -0.2) is 72.8 Å². The molecule has 2 amide bonds. The van der Waals surface area contributed by atoms with Crippen molar-refractivity contribution in [1.82, 2.24) is 10.2 Å². The molecule has 1 heterocycles. The molecule has 9 heteroatoms. The van der Waals surface area contributed by atoms with Crippen LogP contribution >= 0.6 is 0 Å². The Bertz CT molecular complexity index is 449. The summed E-state index contributed by atoms with van der Waals surface area (Å²) in [5.41, 5.74) is 0. The van der Waals surface area contributed by atoms with Gasteiger partial charge in [0.15, 0.2) is 15.9 Å². The van der Waals surface area contributed by atoms with Crippen molar-refractivity contribution in [2.24, 2.45) is 0 Å². The number of hydrogen-bond donors (Lipinski definition) is 3. The van der Waals surface area contributed by atoms with Gasteiger partial charge in [0.25, 0.3) is 0 Å². The molecule has 8 nitrogen and oxygen atoms in total. The molecule has 0 aromatic heterocycles. The Morgan fingerprint density at radius 3 is 2.58 bits per heavy atom. The molecule has 2 atom stereocenters. The zero-order chi connectivity index (χ0) is 14.6. The molecule has 1 saturated heterocycles. The van der Waals surface area contributed by atoms with Crippen LogP contribution in [0.1, 0.15) is 12.8 Å². The van der Waals surface area contributed by atoms with E-state index in [-0.39, 0.29) is 30.5 Å². The van der Waals surface area contributed by atoms with Crippen LogP contribution < -0.4 is 5.32 Å². The number of aliphatic carboxylic acids is 1. The summed E-state index contributed by atoms with van der Waals surface area (Å²) in [7, 11) is -1.56. The highest BCUT2D eigenvalue weighted by Gasteiger charge is 2.32. The first-order valence-corrected chi connectivity index (χ1v) is 7.67. The quantitative estimate of drug-likeness (QED) is 0.576. The number of sulfone groups is 1. The highest BCUT2D eigenvalue weighted by atomic mass is 32.2. The van der Waals surface area contributed by atoms with E-state index in [0.717, 1.165) is 0 Å². The second-order valence-corrected chi connectivity index (χ2v) is 6.77. The summed E-state index contributed by atoms with van der Waals surface area (Å²) in [6, 6.07) is -0.825. The molecule has 0 spiro atoms. The second-order valence-electron chi connectivity index (χ2n) is 4.54. The molecule has 0 aromatic carbocycles. The van der Waals surface area contributed by atoms with Crippen LogP contribution in [0.3, 0.4) is 0 Å². The zero-order valence-electron chi connectivity index (χ0n) is 10.6. The van der Waals surface area contributed by atoms with Gasteiger partial charge in [0.2, 0.25) is 0 Å². The number of nitrogens with one attached hydrogen (secondary N) is 1. The fourth-order valence-electron chi connectivity index (χ4n) is 1.81. The number of nitrogens with zero attached hydrogens (tertiary/aromatic N) is 1. The number of carboxylic acids is 1. The number of aliphatic hydroxyl groups is 1. The minimum atomic E-state index is -3.06. The van der Waals surface area contributed by atoms with Gasteiger partial charge < -0.3 is 20.4 Å². The average molecular weight is 294 g/mol. The lowest BCUT2D eigenvalue weighted by molar-refractivity contribution is -0.146. The van der Waals surface area contributed by atoms with Gasteiger partial charge in [0.1, 0.15) is 0 Å². The van der Waals surface area contributed by atoms with E-state index >= 15 is 0 Å². The minimum absolute atomic E-state index is 0.0100. The zero-order valence-corrected chi connectivity index (χ0v) is 11.4. The number of aliphatic hydroxyl groups excluding tert-OH is 1. The number of rotatable bonds is 5. The minimum Gasteiger partial charge on any atom is -0.479 e. The predicted molar refractivity (Wildman–Crippen MR) is 66.5 cm³/mol. The van der Waals surface area contributed by atoms with Gasteiger partial charge in [-0.2, -0.15) is 0 Å². The van der Waals surface area contributed by atoms with Gasteiger partial charge in [-0.05, 0) is 6.42 Å². The van der Waals surface area contributed by atoms with E-state index in [9.17, 15) is 18.0 Å². The number of carboxylic acid groups (broad SMARTS) is 1. The third-order valence-electron chi connectivity index (χ3n) is 3.06. The molecule has 0 saturated carbocycles. The van der Waals surface area contributed by atoms with Crippen molar-refractivity contribution in [3.05, 3.63) is 0 Å². The topological polar surface area (TPSA) is 124 Å². The molecule has 0 bridgehead atoms. The lowest BCUT2D eigenvalue weighted by Crippen LogP contribution is -2.45. The van der Waals surface area contributed by atoms with E-state index in [1.807, 2.05) is 0 Å². The van der Waals surface area contributed by atoms with Gasteiger partial charge in [0, 0.05) is 26.1 Å². The van der Waals surface area contributed by atoms with E-state index in [0.29, 0.717) is 6.42 Å². The molecular formula is C10H18N2O6S. The Balaban J connectivity index is 2.36. The highest BCUT2D eigenvalue weighted by molar-refractivity contribution is 7.91. The molecule has 0 aromatic rings. The summed E-state index contributed by atoms with van der Waals surface area (Å²) < 4.78 is 22.6.